The Hall–Kier alpha value is -2.56. The lowest BCUT2D eigenvalue weighted by molar-refractivity contribution is 0.0718. The Morgan fingerprint density at radius 2 is 1.91 bits per heavy atom. The lowest BCUT2D eigenvalue weighted by atomic mass is 10.1. The molecule has 1 saturated heterocycles. The van der Waals surface area contributed by atoms with Crippen molar-refractivity contribution in [2.75, 3.05) is 25.5 Å². The maximum atomic E-state index is 12.5. The molecule has 5 nitrogen and oxygen atoms in total. The first-order valence-electron chi connectivity index (χ1n) is 7.93. The molecule has 1 aliphatic rings. The zero-order valence-corrected chi connectivity index (χ0v) is 13.3. The van der Waals surface area contributed by atoms with E-state index in [-0.39, 0.29) is 5.91 Å². The molecule has 0 unspecified atom stereocenters. The number of likely N-dealkylation sites (tertiary alicyclic amines) is 1. The van der Waals surface area contributed by atoms with Crippen LogP contribution in [0.15, 0.2) is 42.6 Å². The van der Waals surface area contributed by atoms with Crippen LogP contribution in [0.5, 0.6) is 5.75 Å². The van der Waals surface area contributed by atoms with Gasteiger partial charge in [-0.05, 0) is 43.5 Å². The van der Waals surface area contributed by atoms with E-state index in [0.717, 1.165) is 43.1 Å². The molecule has 1 amide bonds. The Bertz CT molecular complexity index is 681. The summed E-state index contributed by atoms with van der Waals surface area (Å²) in [6, 6.07) is 11.3. The molecule has 0 spiro atoms. The Morgan fingerprint density at radius 1 is 1.13 bits per heavy atom. The third-order valence-corrected chi connectivity index (χ3v) is 3.98. The molecule has 2 aromatic rings. The Morgan fingerprint density at radius 3 is 2.70 bits per heavy atom. The smallest absolute Gasteiger partial charge is 0.272 e. The maximum Gasteiger partial charge on any atom is 0.272 e. The van der Waals surface area contributed by atoms with Gasteiger partial charge in [0.25, 0.3) is 5.91 Å². The quantitative estimate of drug-likeness (QED) is 0.939. The summed E-state index contributed by atoms with van der Waals surface area (Å²) in [5, 5.41) is 3.29. The van der Waals surface area contributed by atoms with Crippen molar-refractivity contribution in [1.82, 2.24) is 9.88 Å². The number of carbonyl (C=O) groups excluding carboxylic acids is 1. The van der Waals surface area contributed by atoms with E-state index >= 15 is 0 Å². The van der Waals surface area contributed by atoms with Crippen LogP contribution < -0.4 is 10.1 Å². The van der Waals surface area contributed by atoms with E-state index in [1.807, 2.05) is 35.2 Å². The fraction of sp³-hybridized carbons (Fsp3) is 0.333. The number of nitrogens with zero attached hydrogens (tertiary/aromatic N) is 2. The van der Waals surface area contributed by atoms with Crippen molar-refractivity contribution in [3.05, 3.63) is 48.3 Å². The number of piperidine rings is 1. The minimum absolute atomic E-state index is 0.0130. The number of aromatic nitrogens is 1. The Labute approximate surface area is 136 Å². The lowest BCUT2D eigenvalue weighted by Crippen LogP contribution is -2.36. The van der Waals surface area contributed by atoms with E-state index in [4.69, 9.17) is 4.74 Å². The molecule has 2 heterocycles. The van der Waals surface area contributed by atoms with Crippen molar-refractivity contribution in [2.45, 2.75) is 19.3 Å². The van der Waals surface area contributed by atoms with Crippen molar-refractivity contribution in [3.63, 3.8) is 0 Å². The van der Waals surface area contributed by atoms with Gasteiger partial charge in [-0.15, -0.1) is 0 Å². The van der Waals surface area contributed by atoms with Crippen molar-refractivity contribution in [2.24, 2.45) is 0 Å². The number of pyridine rings is 1. The number of hydrogen-bond donors (Lipinski definition) is 1. The monoisotopic (exact) mass is 311 g/mol. The number of nitrogens with one attached hydrogen (secondary N) is 1. The van der Waals surface area contributed by atoms with E-state index in [1.54, 1.807) is 19.4 Å². The van der Waals surface area contributed by atoms with E-state index in [2.05, 4.69) is 10.3 Å². The molecule has 1 aromatic heterocycles. The average molecular weight is 311 g/mol. The van der Waals surface area contributed by atoms with E-state index in [9.17, 15) is 4.79 Å². The zero-order chi connectivity index (χ0) is 16.1. The summed E-state index contributed by atoms with van der Waals surface area (Å²) < 4.78 is 5.22. The van der Waals surface area contributed by atoms with Crippen molar-refractivity contribution in [3.8, 4) is 5.75 Å². The fourth-order valence-corrected chi connectivity index (χ4v) is 2.75. The highest BCUT2D eigenvalue weighted by Gasteiger charge is 2.19. The van der Waals surface area contributed by atoms with Crippen LogP contribution in [0, 0.1) is 0 Å². The summed E-state index contributed by atoms with van der Waals surface area (Å²) in [7, 11) is 1.64. The normalized spacial score (nSPS) is 14.4. The second-order valence-corrected chi connectivity index (χ2v) is 5.64. The minimum Gasteiger partial charge on any atom is -0.497 e. The van der Waals surface area contributed by atoms with Crippen LogP contribution in [0.3, 0.4) is 0 Å². The number of benzene rings is 1. The highest BCUT2D eigenvalue weighted by molar-refractivity contribution is 5.93. The summed E-state index contributed by atoms with van der Waals surface area (Å²) in [4.78, 5) is 18.6. The Balaban J connectivity index is 1.75. The van der Waals surface area contributed by atoms with Crippen LogP contribution >= 0.6 is 0 Å². The third kappa shape index (κ3) is 3.80. The largest absolute Gasteiger partial charge is 0.497 e. The summed E-state index contributed by atoms with van der Waals surface area (Å²) in [5.41, 5.74) is 2.24. The molecule has 0 saturated carbocycles. The van der Waals surface area contributed by atoms with Gasteiger partial charge in [0.15, 0.2) is 0 Å². The van der Waals surface area contributed by atoms with Gasteiger partial charge >= 0.3 is 0 Å². The first-order valence-corrected chi connectivity index (χ1v) is 7.93. The number of anilines is 2. The number of rotatable bonds is 4. The number of carbonyl (C=O) groups is 1. The van der Waals surface area contributed by atoms with E-state index in [0.29, 0.717) is 5.69 Å². The van der Waals surface area contributed by atoms with E-state index in [1.165, 1.54) is 6.42 Å². The molecule has 0 bridgehead atoms. The highest BCUT2D eigenvalue weighted by Crippen LogP contribution is 2.22. The third-order valence-electron chi connectivity index (χ3n) is 3.98. The molecule has 1 fully saturated rings. The van der Waals surface area contributed by atoms with E-state index < -0.39 is 0 Å². The van der Waals surface area contributed by atoms with Gasteiger partial charge in [0.2, 0.25) is 0 Å². The SMILES string of the molecule is COc1cccc(Nc2ccnc(C(=O)N3CCCCC3)c2)c1. The first-order chi connectivity index (χ1) is 11.3. The molecule has 0 atom stereocenters. The van der Waals surface area contributed by atoms with Gasteiger partial charge in [-0.25, -0.2) is 0 Å². The minimum atomic E-state index is 0.0130. The molecule has 5 heteroatoms. The van der Waals surface area contributed by atoms with Crippen molar-refractivity contribution in [1.29, 1.82) is 0 Å². The van der Waals surface area contributed by atoms with Crippen LogP contribution in [-0.4, -0.2) is 36.0 Å². The number of methoxy groups -OCH3 is 1. The summed E-state index contributed by atoms with van der Waals surface area (Å²) in [5.74, 6) is 0.799. The predicted octanol–water partition coefficient (Wildman–Crippen LogP) is 3.46. The summed E-state index contributed by atoms with van der Waals surface area (Å²) >= 11 is 0. The Kier molecular flexibility index (Phi) is 4.76. The molecular weight excluding hydrogens is 290 g/mol. The van der Waals surface area contributed by atoms with Gasteiger partial charge < -0.3 is 15.0 Å². The second kappa shape index (κ2) is 7.13. The summed E-state index contributed by atoms with van der Waals surface area (Å²) in [6.07, 6.45) is 5.02. The highest BCUT2D eigenvalue weighted by atomic mass is 16.5. The van der Waals surface area contributed by atoms with Gasteiger partial charge in [0.1, 0.15) is 11.4 Å². The molecule has 1 N–H and O–H groups in total. The average Bonchev–Trinajstić information content (AvgIpc) is 2.62. The molecular formula is C18H21N3O2. The molecule has 23 heavy (non-hydrogen) atoms. The van der Waals surface area contributed by atoms with Gasteiger partial charge in [-0.3, -0.25) is 9.78 Å². The first kappa shape index (κ1) is 15.3. The molecule has 1 aliphatic heterocycles. The number of amides is 1. The molecule has 1 aromatic carbocycles. The topological polar surface area (TPSA) is 54.5 Å². The van der Waals surface area contributed by atoms with Gasteiger partial charge in [0.05, 0.1) is 7.11 Å². The summed E-state index contributed by atoms with van der Waals surface area (Å²) in [6.45, 7) is 1.65. The van der Waals surface area contributed by atoms with Crippen LogP contribution in [0.1, 0.15) is 29.8 Å². The van der Waals surface area contributed by atoms with Crippen LogP contribution in [0.2, 0.25) is 0 Å². The van der Waals surface area contributed by atoms with Gasteiger partial charge in [-0.1, -0.05) is 6.07 Å². The molecule has 0 aliphatic carbocycles. The zero-order valence-electron chi connectivity index (χ0n) is 13.3. The van der Waals surface area contributed by atoms with Crippen LogP contribution in [0.25, 0.3) is 0 Å². The fourth-order valence-electron chi connectivity index (χ4n) is 2.75. The predicted molar refractivity (Wildman–Crippen MR) is 90.3 cm³/mol. The molecule has 0 radical (unpaired) electrons. The van der Waals surface area contributed by atoms with Crippen molar-refractivity contribution >= 4 is 17.3 Å². The second-order valence-electron chi connectivity index (χ2n) is 5.64. The number of hydrogen-bond acceptors (Lipinski definition) is 4. The van der Waals surface area contributed by atoms with Crippen LogP contribution in [0.4, 0.5) is 11.4 Å². The lowest BCUT2D eigenvalue weighted by Gasteiger charge is -2.26. The van der Waals surface area contributed by atoms with Crippen molar-refractivity contribution < 1.29 is 9.53 Å². The molecule has 3 rings (SSSR count). The van der Waals surface area contributed by atoms with Gasteiger partial charge in [-0.2, -0.15) is 0 Å². The van der Waals surface area contributed by atoms with Gasteiger partial charge in [0, 0.05) is 36.7 Å². The number of ether oxygens (including phenoxy) is 1. The van der Waals surface area contributed by atoms with Crippen LogP contribution in [-0.2, 0) is 0 Å². The standard InChI is InChI=1S/C18H21N3O2/c1-23-16-7-5-6-14(12-16)20-15-8-9-19-17(13-15)18(22)21-10-3-2-4-11-21/h5-9,12-13H,2-4,10-11H2,1H3,(H,19,20). The maximum absolute atomic E-state index is 12.5. The molecule has 120 valence electrons.